The minimum absolute atomic E-state index is 0.00663. The van der Waals surface area contributed by atoms with E-state index in [0.29, 0.717) is 18.4 Å². The van der Waals surface area contributed by atoms with Gasteiger partial charge in [-0.1, -0.05) is 34.6 Å². The fourth-order valence-electron chi connectivity index (χ4n) is 0.675. The van der Waals surface area contributed by atoms with Gasteiger partial charge in [-0.25, -0.2) is 5.48 Å². The molecule has 0 radical (unpaired) electrons. The fraction of sp³-hybridized carbons (Fsp3) is 0.900. The van der Waals surface area contributed by atoms with Gasteiger partial charge >= 0.3 is 0 Å². The fourth-order valence-corrected chi connectivity index (χ4v) is 0.675. The summed E-state index contributed by atoms with van der Waals surface area (Å²) in [5.41, 5.74) is 2.46. The van der Waals surface area contributed by atoms with Crippen LogP contribution in [-0.2, 0) is 9.63 Å². The van der Waals surface area contributed by atoms with Gasteiger partial charge in [-0.2, -0.15) is 0 Å². The zero-order chi connectivity index (χ0) is 10.4. The van der Waals surface area contributed by atoms with Gasteiger partial charge in [0, 0.05) is 5.92 Å². The van der Waals surface area contributed by atoms with E-state index in [2.05, 4.69) is 5.48 Å². The summed E-state index contributed by atoms with van der Waals surface area (Å²) >= 11 is 0. The monoisotopic (exact) mass is 187 g/mol. The molecule has 1 unspecified atom stereocenters. The molecule has 0 aliphatic carbocycles. The van der Waals surface area contributed by atoms with Gasteiger partial charge < -0.3 is 0 Å². The van der Waals surface area contributed by atoms with E-state index in [1.165, 1.54) is 0 Å². The van der Waals surface area contributed by atoms with Crippen LogP contribution in [0.15, 0.2) is 0 Å². The largest absolute Gasteiger partial charge is 0.273 e. The van der Waals surface area contributed by atoms with E-state index in [-0.39, 0.29) is 11.8 Å². The molecule has 0 heterocycles. The van der Waals surface area contributed by atoms with Crippen LogP contribution in [0, 0.1) is 17.8 Å². The van der Waals surface area contributed by atoms with Gasteiger partial charge in [0.15, 0.2) is 0 Å². The van der Waals surface area contributed by atoms with Gasteiger partial charge in [-0.3, -0.25) is 9.63 Å². The van der Waals surface area contributed by atoms with Crippen molar-refractivity contribution >= 4 is 5.91 Å². The van der Waals surface area contributed by atoms with Crippen LogP contribution in [0.2, 0.25) is 0 Å². The number of hydrogen-bond donors (Lipinski definition) is 1. The topological polar surface area (TPSA) is 38.3 Å². The van der Waals surface area contributed by atoms with E-state index in [0.717, 1.165) is 0 Å². The molecular formula is C10H21NO2. The molecule has 0 aromatic carbocycles. The molecule has 13 heavy (non-hydrogen) atoms. The second-order valence-corrected chi connectivity index (χ2v) is 4.20. The third-order valence-electron chi connectivity index (χ3n) is 2.00. The standard InChI is InChI=1S/C10H21NO2/c1-7(2)6-13-11-10(12)9(5)8(3)4/h7-9H,6H2,1-5H3,(H,11,12). The molecule has 0 aromatic heterocycles. The second kappa shape index (κ2) is 5.97. The summed E-state index contributed by atoms with van der Waals surface area (Å²) in [6, 6.07) is 0. The summed E-state index contributed by atoms with van der Waals surface area (Å²) in [5, 5.41) is 0. The molecule has 0 rings (SSSR count). The average molecular weight is 187 g/mol. The van der Waals surface area contributed by atoms with E-state index < -0.39 is 0 Å². The summed E-state index contributed by atoms with van der Waals surface area (Å²) in [7, 11) is 0. The van der Waals surface area contributed by atoms with Crippen molar-refractivity contribution in [2.24, 2.45) is 17.8 Å². The van der Waals surface area contributed by atoms with Crippen LogP contribution in [0.25, 0.3) is 0 Å². The summed E-state index contributed by atoms with van der Waals surface area (Å²) in [4.78, 5) is 16.4. The Bertz CT molecular complexity index is 155. The predicted molar refractivity (Wildman–Crippen MR) is 52.9 cm³/mol. The van der Waals surface area contributed by atoms with Crippen LogP contribution in [0.5, 0.6) is 0 Å². The van der Waals surface area contributed by atoms with Gasteiger partial charge in [0.25, 0.3) is 0 Å². The summed E-state index contributed by atoms with van der Waals surface area (Å²) in [6.45, 7) is 10.6. The minimum atomic E-state index is -0.0318. The third kappa shape index (κ3) is 5.64. The SMILES string of the molecule is CC(C)CONC(=O)C(C)C(C)C. The van der Waals surface area contributed by atoms with Crippen molar-refractivity contribution in [3.8, 4) is 0 Å². The maximum Gasteiger partial charge on any atom is 0.246 e. The first kappa shape index (κ1) is 12.4. The van der Waals surface area contributed by atoms with Crippen LogP contribution < -0.4 is 5.48 Å². The first-order valence-electron chi connectivity index (χ1n) is 4.86. The van der Waals surface area contributed by atoms with Gasteiger partial charge in [0.05, 0.1) is 6.61 Å². The van der Waals surface area contributed by atoms with E-state index in [9.17, 15) is 4.79 Å². The lowest BCUT2D eigenvalue weighted by molar-refractivity contribution is -0.139. The molecule has 3 heteroatoms. The van der Waals surface area contributed by atoms with Crippen molar-refractivity contribution in [3.63, 3.8) is 0 Å². The van der Waals surface area contributed by atoms with Gasteiger partial charge in [-0.15, -0.1) is 0 Å². The lowest BCUT2D eigenvalue weighted by Crippen LogP contribution is -2.32. The predicted octanol–water partition coefficient (Wildman–Crippen LogP) is 1.98. The third-order valence-corrected chi connectivity index (χ3v) is 2.00. The van der Waals surface area contributed by atoms with Crippen LogP contribution in [-0.4, -0.2) is 12.5 Å². The molecule has 0 spiro atoms. The van der Waals surface area contributed by atoms with E-state index in [1.807, 2.05) is 34.6 Å². The molecule has 0 bridgehead atoms. The highest BCUT2D eigenvalue weighted by molar-refractivity contribution is 5.77. The Morgan fingerprint density at radius 2 is 1.77 bits per heavy atom. The van der Waals surface area contributed by atoms with Crippen molar-refractivity contribution in [2.75, 3.05) is 6.61 Å². The Labute approximate surface area is 80.8 Å². The number of hydroxylamine groups is 1. The highest BCUT2D eigenvalue weighted by Gasteiger charge is 2.16. The highest BCUT2D eigenvalue weighted by Crippen LogP contribution is 2.08. The number of nitrogens with one attached hydrogen (secondary N) is 1. The van der Waals surface area contributed by atoms with Crippen LogP contribution in [0.4, 0.5) is 0 Å². The van der Waals surface area contributed by atoms with Crippen molar-refractivity contribution in [2.45, 2.75) is 34.6 Å². The molecule has 1 atom stereocenters. The Balaban J connectivity index is 3.62. The highest BCUT2D eigenvalue weighted by atomic mass is 16.6. The number of rotatable bonds is 5. The zero-order valence-electron chi connectivity index (χ0n) is 9.26. The lowest BCUT2D eigenvalue weighted by Gasteiger charge is -2.15. The van der Waals surface area contributed by atoms with E-state index in [1.54, 1.807) is 0 Å². The minimum Gasteiger partial charge on any atom is -0.273 e. The number of hydrogen-bond acceptors (Lipinski definition) is 2. The van der Waals surface area contributed by atoms with Crippen molar-refractivity contribution in [3.05, 3.63) is 0 Å². The molecule has 1 amide bonds. The molecule has 0 aliphatic heterocycles. The quantitative estimate of drug-likeness (QED) is 0.668. The molecule has 3 nitrogen and oxygen atoms in total. The molecule has 1 N–H and O–H groups in total. The van der Waals surface area contributed by atoms with Crippen molar-refractivity contribution in [1.82, 2.24) is 5.48 Å². The smallest absolute Gasteiger partial charge is 0.246 e. The molecule has 0 aromatic rings. The first-order chi connectivity index (χ1) is 5.95. The Kier molecular flexibility index (Phi) is 5.71. The molecule has 0 aliphatic rings. The summed E-state index contributed by atoms with van der Waals surface area (Å²) in [5.74, 6) is 0.764. The Morgan fingerprint density at radius 1 is 1.23 bits per heavy atom. The summed E-state index contributed by atoms with van der Waals surface area (Å²) in [6.07, 6.45) is 0. The maximum absolute atomic E-state index is 11.3. The van der Waals surface area contributed by atoms with Crippen LogP contribution >= 0.6 is 0 Å². The molecular weight excluding hydrogens is 166 g/mol. The Hall–Kier alpha value is -0.570. The average Bonchev–Trinajstić information content (AvgIpc) is 2.02. The van der Waals surface area contributed by atoms with E-state index >= 15 is 0 Å². The van der Waals surface area contributed by atoms with Crippen LogP contribution in [0.3, 0.4) is 0 Å². The lowest BCUT2D eigenvalue weighted by atomic mass is 9.98. The first-order valence-corrected chi connectivity index (χ1v) is 4.86. The second-order valence-electron chi connectivity index (χ2n) is 4.20. The number of carbonyl (C=O) groups excluding carboxylic acids is 1. The Morgan fingerprint density at radius 3 is 2.15 bits per heavy atom. The maximum atomic E-state index is 11.3. The zero-order valence-corrected chi connectivity index (χ0v) is 9.26. The van der Waals surface area contributed by atoms with Gasteiger partial charge in [0.1, 0.15) is 0 Å². The van der Waals surface area contributed by atoms with Gasteiger partial charge in [-0.05, 0) is 11.8 Å². The molecule has 0 saturated carbocycles. The molecule has 0 saturated heterocycles. The summed E-state index contributed by atoms with van der Waals surface area (Å²) < 4.78 is 0. The van der Waals surface area contributed by atoms with E-state index in [4.69, 9.17) is 4.84 Å². The molecule has 0 fully saturated rings. The molecule has 78 valence electrons. The number of carbonyl (C=O) groups is 1. The van der Waals surface area contributed by atoms with Crippen LogP contribution in [0.1, 0.15) is 34.6 Å². The normalized spacial score (nSPS) is 13.5. The number of amides is 1. The van der Waals surface area contributed by atoms with Crippen molar-refractivity contribution < 1.29 is 9.63 Å². The van der Waals surface area contributed by atoms with Gasteiger partial charge in [0.2, 0.25) is 5.91 Å². The van der Waals surface area contributed by atoms with Crippen molar-refractivity contribution in [1.29, 1.82) is 0 Å².